The highest BCUT2D eigenvalue weighted by Gasteiger charge is 2.23. The molecule has 1 aromatic carbocycles. The van der Waals surface area contributed by atoms with Gasteiger partial charge in [0.1, 0.15) is 6.61 Å². The Labute approximate surface area is 113 Å². The maximum Gasteiger partial charge on any atom is 0.249 e. The van der Waals surface area contributed by atoms with Gasteiger partial charge in [-0.15, -0.1) is 0 Å². The first-order chi connectivity index (χ1) is 9.15. The molecule has 2 N–H and O–H groups in total. The van der Waals surface area contributed by atoms with Crippen LogP contribution in [0.25, 0.3) is 0 Å². The molecule has 1 heterocycles. The summed E-state index contributed by atoms with van der Waals surface area (Å²) in [5.41, 5.74) is 9.40. The zero-order valence-electron chi connectivity index (χ0n) is 11.4. The second-order valence-electron chi connectivity index (χ2n) is 4.77. The molecule has 1 aliphatic heterocycles. The van der Waals surface area contributed by atoms with E-state index in [1.54, 1.807) is 12.0 Å². The molecule has 1 aliphatic rings. The summed E-state index contributed by atoms with van der Waals surface area (Å²) in [5.74, 6) is 0.0152. The number of carbonyl (C=O) groups is 1. The van der Waals surface area contributed by atoms with Crippen molar-refractivity contribution in [1.82, 2.24) is 4.90 Å². The zero-order chi connectivity index (χ0) is 13.8. The summed E-state index contributed by atoms with van der Waals surface area (Å²) in [6.07, 6.45) is 0. The van der Waals surface area contributed by atoms with Gasteiger partial charge in [0.25, 0.3) is 0 Å². The lowest BCUT2D eigenvalue weighted by Crippen LogP contribution is -2.28. The predicted molar refractivity (Wildman–Crippen MR) is 71.4 cm³/mol. The number of hydrogen-bond acceptors (Lipinski definition) is 4. The molecule has 5 nitrogen and oxygen atoms in total. The molecule has 0 aromatic heterocycles. The molecule has 5 heteroatoms. The van der Waals surface area contributed by atoms with E-state index in [1.165, 1.54) is 12.7 Å². The fourth-order valence-electron chi connectivity index (χ4n) is 2.31. The average Bonchev–Trinajstić information content (AvgIpc) is 2.82. The number of rotatable bonds is 5. The highest BCUT2D eigenvalue weighted by molar-refractivity contribution is 5.78. The van der Waals surface area contributed by atoms with Crippen molar-refractivity contribution in [1.29, 1.82) is 0 Å². The molecule has 0 spiro atoms. The number of amides is 1. The van der Waals surface area contributed by atoms with E-state index >= 15 is 0 Å². The van der Waals surface area contributed by atoms with E-state index < -0.39 is 0 Å². The van der Waals surface area contributed by atoms with Gasteiger partial charge in [-0.25, -0.2) is 0 Å². The van der Waals surface area contributed by atoms with Crippen LogP contribution >= 0.6 is 0 Å². The first kappa shape index (κ1) is 14.0. The third-order valence-electron chi connectivity index (χ3n) is 3.35. The van der Waals surface area contributed by atoms with Crippen LogP contribution in [0.1, 0.15) is 22.7 Å². The van der Waals surface area contributed by atoms with Crippen molar-refractivity contribution in [3.8, 4) is 0 Å². The summed E-state index contributed by atoms with van der Waals surface area (Å²) in [5, 5.41) is 0. The number of ether oxygens (including phenoxy) is 2. The monoisotopic (exact) mass is 264 g/mol. The molecule has 1 atom stereocenters. The minimum atomic E-state index is -0.126. The fraction of sp³-hybridized carbons (Fsp3) is 0.500. The average molecular weight is 264 g/mol. The maximum absolute atomic E-state index is 11.8. The number of methoxy groups -OCH3 is 2. The number of nitrogens with two attached hydrogens (primary N) is 1. The minimum Gasteiger partial charge on any atom is -0.383 e. The van der Waals surface area contributed by atoms with Crippen LogP contribution in [0, 0.1) is 0 Å². The second-order valence-corrected chi connectivity index (χ2v) is 4.77. The Morgan fingerprint density at radius 2 is 2.05 bits per heavy atom. The highest BCUT2D eigenvalue weighted by Crippen LogP contribution is 2.25. The summed E-state index contributed by atoms with van der Waals surface area (Å²) < 4.78 is 9.94. The summed E-state index contributed by atoms with van der Waals surface area (Å²) >= 11 is 0. The normalized spacial score (nSPS) is 15.4. The topological polar surface area (TPSA) is 64.8 Å². The van der Waals surface area contributed by atoms with Gasteiger partial charge in [0.05, 0.1) is 12.6 Å². The molecular formula is C14H20N2O3. The zero-order valence-corrected chi connectivity index (χ0v) is 11.4. The molecule has 104 valence electrons. The van der Waals surface area contributed by atoms with E-state index in [0.717, 1.165) is 11.1 Å². The van der Waals surface area contributed by atoms with Crippen LogP contribution in [-0.2, 0) is 27.4 Å². The molecule has 0 aliphatic carbocycles. The third kappa shape index (κ3) is 3.12. The lowest BCUT2D eigenvalue weighted by Gasteiger charge is -2.14. The van der Waals surface area contributed by atoms with E-state index in [1.807, 2.05) is 12.1 Å². The van der Waals surface area contributed by atoms with Crippen LogP contribution in [0.3, 0.4) is 0 Å². The lowest BCUT2D eigenvalue weighted by molar-refractivity contribution is -0.135. The largest absolute Gasteiger partial charge is 0.383 e. The van der Waals surface area contributed by atoms with Crippen LogP contribution in [0.2, 0.25) is 0 Å². The second kappa shape index (κ2) is 6.14. The van der Waals surface area contributed by atoms with E-state index in [-0.39, 0.29) is 18.6 Å². The van der Waals surface area contributed by atoms with Gasteiger partial charge in [-0.2, -0.15) is 0 Å². The highest BCUT2D eigenvalue weighted by atomic mass is 16.5. The smallest absolute Gasteiger partial charge is 0.249 e. The molecule has 0 bridgehead atoms. The number of hydrogen-bond donors (Lipinski definition) is 1. The lowest BCUT2D eigenvalue weighted by atomic mass is 10.0. The number of nitrogens with zero attached hydrogens (tertiary/aromatic N) is 1. The van der Waals surface area contributed by atoms with Crippen molar-refractivity contribution in [2.75, 3.05) is 27.4 Å². The molecule has 2 rings (SSSR count). The van der Waals surface area contributed by atoms with Crippen molar-refractivity contribution in [3.63, 3.8) is 0 Å². The summed E-state index contributed by atoms with van der Waals surface area (Å²) in [6.45, 7) is 1.90. The molecule has 0 saturated heterocycles. The molecule has 19 heavy (non-hydrogen) atoms. The molecule has 1 amide bonds. The minimum absolute atomic E-state index is 0.0152. The Morgan fingerprint density at radius 1 is 1.32 bits per heavy atom. The standard InChI is InChI=1S/C14H20N2O3/c1-18-8-13(15)10-3-4-11-6-16(7-12(11)5-10)14(17)9-19-2/h3-5,13H,6-9,15H2,1-2H3. The van der Waals surface area contributed by atoms with Gasteiger partial charge in [0, 0.05) is 27.3 Å². The van der Waals surface area contributed by atoms with Gasteiger partial charge in [-0.05, 0) is 16.7 Å². The van der Waals surface area contributed by atoms with E-state index in [4.69, 9.17) is 15.2 Å². The van der Waals surface area contributed by atoms with Gasteiger partial charge in [0.2, 0.25) is 5.91 Å². The van der Waals surface area contributed by atoms with Gasteiger partial charge in [-0.3, -0.25) is 4.79 Å². The molecule has 0 fully saturated rings. The van der Waals surface area contributed by atoms with Gasteiger partial charge in [-0.1, -0.05) is 18.2 Å². The molecular weight excluding hydrogens is 244 g/mol. The van der Waals surface area contributed by atoms with Gasteiger partial charge < -0.3 is 20.1 Å². The Hall–Kier alpha value is -1.43. The van der Waals surface area contributed by atoms with Gasteiger partial charge in [0.15, 0.2) is 0 Å². The Kier molecular flexibility index (Phi) is 4.52. The molecule has 1 aromatic rings. The first-order valence-electron chi connectivity index (χ1n) is 6.28. The van der Waals surface area contributed by atoms with E-state index in [2.05, 4.69) is 6.07 Å². The van der Waals surface area contributed by atoms with Crippen molar-refractivity contribution in [3.05, 3.63) is 34.9 Å². The quantitative estimate of drug-likeness (QED) is 0.855. The number of carbonyl (C=O) groups excluding carboxylic acids is 1. The predicted octanol–water partition coefficient (Wildman–Crippen LogP) is 0.821. The number of fused-ring (bicyclic) bond motifs is 1. The summed E-state index contributed by atoms with van der Waals surface area (Å²) in [4.78, 5) is 13.6. The van der Waals surface area contributed by atoms with E-state index in [0.29, 0.717) is 19.7 Å². The Morgan fingerprint density at radius 3 is 2.74 bits per heavy atom. The molecule has 0 saturated carbocycles. The molecule has 0 radical (unpaired) electrons. The Bertz CT molecular complexity index is 462. The van der Waals surface area contributed by atoms with Crippen LogP contribution in [0.15, 0.2) is 18.2 Å². The van der Waals surface area contributed by atoms with Crippen LogP contribution in [0.4, 0.5) is 0 Å². The van der Waals surface area contributed by atoms with Crippen molar-refractivity contribution < 1.29 is 14.3 Å². The number of benzene rings is 1. The van der Waals surface area contributed by atoms with Crippen LogP contribution in [0.5, 0.6) is 0 Å². The summed E-state index contributed by atoms with van der Waals surface area (Å²) in [6, 6.07) is 5.99. The van der Waals surface area contributed by atoms with Crippen molar-refractivity contribution in [2.24, 2.45) is 5.73 Å². The van der Waals surface area contributed by atoms with Crippen molar-refractivity contribution >= 4 is 5.91 Å². The summed E-state index contributed by atoms with van der Waals surface area (Å²) in [7, 11) is 3.17. The fourth-order valence-corrected chi connectivity index (χ4v) is 2.31. The first-order valence-corrected chi connectivity index (χ1v) is 6.28. The Balaban J connectivity index is 2.09. The maximum atomic E-state index is 11.8. The van der Waals surface area contributed by atoms with Crippen molar-refractivity contribution in [2.45, 2.75) is 19.1 Å². The van der Waals surface area contributed by atoms with Crippen LogP contribution in [-0.4, -0.2) is 38.2 Å². The van der Waals surface area contributed by atoms with Crippen LogP contribution < -0.4 is 5.73 Å². The van der Waals surface area contributed by atoms with Gasteiger partial charge >= 0.3 is 0 Å². The third-order valence-corrected chi connectivity index (χ3v) is 3.35. The van der Waals surface area contributed by atoms with E-state index in [9.17, 15) is 4.79 Å². The molecule has 1 unspecified atom stereocenters. The SMILES string of the molecule is COCC(=O)N1Cc2ccc(C(N)COC)cc2C1.